The molecule has 0 saturated carbocycles. The maximum atomic E-state index is 10.8. The van der Waals surface area contributed by atoms with Crippen LogP contribution in [0.5, 0.6) is 0 Å². The average molecular weight is 226 g/mol. The number of carboxylic acid groups (broad SMARTS) is 1. The lowest BCUT2D eigenvalue weighted by Crippen LogP contribution is -2.05. The Kier molecular flexibility index (Phi) is 4.08. The fourth-order valence-electron chi connectivity index (χ4n) is 0.967. The highest BCUT2D eigenvalue weighted by Gasteiger charge is 2.10. The van der Waals surface area contributed by atoms with Crippen molar-refractivity contribution in [3.8, 4) is 0 Å². The second-order valence-electron chi connectivity index (χ2n) is 3.32. The van der Waals surface area contributed by atoms with E-state index in [9.17, 15) is 4.79 Å². The van der Waals surface area contributed by atoms with Gasteiger partial charge >= 0.3 is 5.97 Å². The molecule has 0 aliphatic rings. The SMILES string of the molecule is CCC(C)Sc1nc(C)cc(C(=O)O)n1. The van der Waals surface area contributed by atoms with Crippen molar-refractivity contribution in [3.05, 3.63) is 17.5 Å². The molecule has 0 aromatic carbocycles. The van der Waals surface area contributed by atoms with E-state index in [4.69, 9.17) is 5.11 Å². The van der Waals surface area contributed by atoms with Crippen molar-refractivity contribution in [2.75, 3.05) is 0 Å². The first-order valence-corrected chi connectivity index (χ1v) is 5.66. The monoisotopic (exact) mass is 226 g/mol. The molecule has 1 aromatic rings. The molecule has 82 valence electrons. The molecule has 0 aliphatic carbocycles. The molecule has 5 heteroatoms. The Morgan fingerprint density at radius 1 is 1.60 bits per heavy atom. The highest BCUT2D eigenvalue weighted by atomic mass is 32.2. The molecule has 4 nitrogen and oxygen atoms in total. The maximum absolute atomic E-state index is 10.8. The van der Waals surface area contributed by atoms with E-state index in [1.54, 1.807) is 6.92 Å². The van der Waals surface area contributed by atoms with Crippen molar-refractivity contribution in [1.29, 1.82) is 0 Å². The second kappa shape index (κ2) is 5.11. The third-order valence-corrected chi connectivity index (χ3v) is 3.06. The summed E-state index contributed by atoms with van der Waals surface area (Å²) < 4.78 is 0. The maximum Gasteiger partial charge on any atom is 0.354 e. The summed E-state index contributed by atoms with van der Waals surface area (Å²) in [5.74, 6) is -1.01. The second-order valence-corrected chi connectivity index (χ2v) is 4.72. The standard InChI is InChI=1S/C10H14N2O2S/c1-4-7(3)15-10-11-6(2)5-8(12-10)9(13)14/h5,7H,4H2,1-3H3,(H,13,14). The lowest BCUT2D eigenvalue weighted by Gasteiger charge is -2.07. The normalized spacial score (nSPS) is 12.5. The first-order valence-electron chi connectivity index (χ1n) is 4.78. The third-order valence-electron chi connectivity index (χ3n) is 1.93. The van der Waals surface area contributed by atoms with Gasteiger partial charge in [0.25, 0.3) is 0 Å². The zero-order valence-corrected chi connectivity index (χ0v) is 9.84. The van der Waals surface area contributed by atoms with Crippen LogP contribution in [0.1, 0.15) is 36.5 Å². The van der Waals surface area contributed by atoms with Crippen LogP contribution in [-0.2, 0) is 0 Å². The summed E-state index contributed by atoms with van der Waals surface area (Å²) in [6.45, 7) is 5.91. The van der Waals surface area contributed by atoms with Gasteiger partial charge in [-0.2, -0.15) is 0 Å². The first kappa shape index (κ1) is 12.0. The van der Waals surface area contributed by atoms with Crippen molar-refractivity contribution in [2.45, 2.75) is 37.6 Å². The van der Waals surface area contributed by atoms with Crippen LogP contribution in [0, 0.1) is 6.92 Å². The zero-order valence-electron chi connectivity index (χ0n) is 9.02. The van der Waals surface area contributed by atoms with Gasteiger partial charge in [-0.3, -0.25) is 0 Å². The fraction of sp³-hybridized carbons (Fsp3) is 0.500. The number of thioether (sulfide) groups is 1. The number of hydrogen-bond acceptors (Lipinski definition) is 4. The number of carbonyl (C=O) groups is 1. The van der Waals surface area contributed by atoms with Crippen molar-refractivity contribution < 1.29 is 9.90 Å². The number of carboxylic acids is 1. The topological polar surface area (TPSA) is 63.1 Å². The van der Waals surface area contributed by atoms with E-state index in [1.807, 2.05) is 0 Å². The largest absolute Gasteiger partial charge is 0.477 e. The minimum atomic E-state index is -1.01. The predicted octanol–water partition coefficient (Wildman–Crippen LogP) is 2.37. The summed E-state index contributed by atoms with van der Waals surface area (Å²) in [4.78, 5) is 18.9. The Morgan fingerprint density at radius 3 is 2.80 bits per heavy atom. The van der Waals surface area contributed by atoms with Crippen LogP contribution >= 0.6 is 11.8 Å². The van der Waals surface area contributed by atoms with Crippen molar-refractivity contribution in [3.63, 3.8) is 0 Å². The Bertz CT molecular complexity index is 368. The molecule has 1 rings (SSSR count). The predicted molar refractivity (Wildman–Crippen MR) is 59.3 cm³/mol. The number of hydrogen-bond donors (Lipinski definition) is 1. The van der Waals surface area contributed by atoms with Crippen LogP contribution in [0.3, 0.4) is 0 Å². The molecule has 15 heavy (non-hydrogen) atoms. The van der Waals surface area contributed by atoms with Crippen LogP contribution < -0.4 is 0 Å². The molecule has 0 amide bonds. The lowest BCUT2D eigenvalue weighted by atomic mass is 10.3. The van der Waals surface area contributed by atoms with Gasteiger partial charge in [0.2, 0.25) is 0 Å². The van der Waals surface area contributed by atoms with E-state index in [-0.39, 0.29) is 5.69 Å². The Morgan fingerprint density at radius 2 is 2.27 bits per heavy atom. The highest BCUT2D eigenvalue weighted by Crippen LogP contribution is 2.21. The minimum absolute atomic E-state index is 0.0632. The van der Waals surface area contributed by atoms with E-state index in [0.717, 1.165) is 6.42 Å². The smallest absolute Gasteiger partial charge is 0.354 e. The van der Waals surface area contributed by atoms with Gasteiger partial charge in [-0.25, -0.2) is 14.8 Å². The summed E-state index contributed by atoms with van der Waals surface area (Å²) >= 11 is 1.50. The molecule has 0 aliphatic heterocycles. The molecule has 0 radical (unpaired) electrons. The van der Waals surface area contributed by atoms with E-state index in [0.29, 0.717) is 16.1 Å². The quantitative estimate of drug-likeness (QED) is 0.630. The first-order chi connectivity index (χ1) is 7.02. The third kappa shape index (κ3) is 3.51. The van der Waals surface area contributed by atoms with E-state index in [1.165, 1.54) is 17.8 Å². The highest BCUT2D eigenvalue weighted by molar-refractivity contribution is 7.99. The molecule has 0 spiro atoms. The summed E-state index contributed by atoms with van der Waals surface area (Å²) in [6.07, 6.45) is 1.00. The summed E-state index contributed by atoms with van der Waals surface area (Å²) in [6, 6.07) is 1.48. The van der Waals surface area contributed by atoms with Gasteiger partial charge in [-0.15, -0.1) is 0 Å². The van der Waals surface area contributed by atoms with Crippen LogP contribution in [0.2, 0.25) is 0 Å². The van der Waals surface area contributed by atoms with Crippen LogP contribution in [0.15, 0.2) is 11.2 Å². The Balaban J connectivity index is 2.93. The minimum Gasteiger partial charge on any atom is -0.477 e. The van der Waals surface area contributed by atoms with Gasteiger partial charge in [0.05, 0.1) is 0 Å². The van der Waals surface area contributed by atoms with Gasteiger partial charge < -0.3 is 5.11 Å². The summed E-state index contributed by atoms with van der Waals surface area (Å²) in [7, 11) is 0. The molecule has 1 unspecified atom stereocenters. The van der Waals surface area contributed by atoms with Crippen LogP contribution in [-0.4, -0.2) is 26.3 Å². The number of aromatic carboxylic acids is 1. The van der Waals surface area contributed by atoms with E-state index in [2.05, 4.69) is 23.8 Å². The number of aromatic nitrogens is 2. The lowest BCUT2D eigenvalue weighted by molar-refractivity contribution is 0.0689. The summed E-state index contributed by atoms with van der Waals surface area (Å²) in [5.41, 5.74) is 0.751. The van der Waals surface area contributed by atoms with Crippen LogP contribution in [0.25, 0.3) is 0 Å². The molecule has 0 bridgehead atoms. The molecule has 1 heterocycles. The molecule has 0 saturated heterocycles. The Hall–Kier alpha value is -1.10. The number of nitrogens with zero attached hydrogens (tertiary/aromatic N) is 2. The van der Waals surface area contributed by atoms with Gasteiger partial charge in [0.15, 0.2) is 10.9 Å². The molecule has 1 aromatic heterocycles. The van der Waals surface area contributed by atoms with Gasteiger partial charge in [0, 0.05) is 10.9 Å². The molecular weight excluding hydrogens is 212 g/mol. The van der Waals surface area contributed by atoms with E-state index < -0.39 is 5.97 Å². The van der Waals surface area contributed by atoms with E-state index >= 15 is 0 Å². The fourth-order valence-corrected chi connectivity index (χ4v) is 1.84. The van der Waals surface area contributed by atoms with Gasteiger partial charge in [-0.05, 0) is 19.4 Å². The molecule has 0 fully saturated rings. The van der Waals surface area contributed by atoms with Crippen molar-refractivity contribution in [1.82, 2.24) is 9.97 Å². The molecule has 1 N–H and O–H groups in total. The van der Waals surface area contributed by atoms with Gasteiger partial charge in [-0.1, -0.05) is 25.6 Å². The summed E-state index contributed by atoms with van der Waals surface area (Å²) in [5, 5.41) is 9.77. The van der Waals surface area contributed by atoms with Gasteiger partial charge in [0.1, 0.15) is 0 Å². The number of aryl methyl sites for hydroxylation is 1. The Labute approximate surface area is 93.1 Å². The molecular formula is C10H14N2O2S. The van der Waals surface area contributed by atoms with Crippen molar-refractivity contribution in [2.24, 2.45) is 0 Å². The number of rotatable bonds is 4. The van der Waals surface area contributed by atoms with Crippen molar-refractivity contribution >= 4 is 17.7 Å². The zero-order chi connectivity index (χ0) is 11.4. The molecule has 1 atom stereocenters. The average Bonchev–Trinajstić information content (AvgIpc) is 2.16. The van der Waals surface area contributed by atoms with Crippen LogP contribution in [0.4, 0.5) is 0 Å².